The van der Waals surface area contributed by atoms with Gasteiger partial charge in [0.05, 0.1) is 11.5 Å². The first kappa shape index (κ1) is 11.9. The van der Waals surface area contributed by atoms with Crippen LogP contribution in [0.25, 0.3) is 0 Å². The van der Waals surface area contributed by atoms with Gasteiger partial charge in [0.15, 0.2) is 0 Å². The molecule has 2 nitrogen and oxygen atoms in total. The molecule has 0 saturated heterocycles. The van der Waals surface area contributed by atoms with Crippen LogP contribution in [-0.4, -0.2) is 17.0 Å². The summed E-state index contributed by atoms with van der Waals surface area (Å²) in [7, 11) is 0. The fourth-order valence-corrected chi connectivity index (χ4v) is 1.59. The third kappa shape index (κ3) is 2.66. The first-order valence-corrected chi connectivity index (χ1v) is 5.20. The normalized spacial score (nSPS) is 16.8. The summed E-state index contributed by atoms with van der Waals surface area (Å²) < 4.78 is 0. The molecule has 0 saturated carbocycles. The van der Waals surface area contributed by atoms with E-state index in [-0.39, 0.29) is 5.78 Å². The van der Waals surface area contributed by atoms with Crippen LogP contribution in [0, 0.1) is 5.41 Å². The highest BCUT2D eigenvalue weighted by Gasteiger charge is 2.35. The number of rotatable bonds is 4. The monoisotopic (exact) mass is 206 g/mol. The highest BCUT2D eigenvalue weighted by molar-refractivity contribution is 5.82. The van der Waals surface area contributed by atoms with E-state index < -0.39 is 11.5 Å². The van der Waals surface area contributed by atoms with Crippen molar-refractivity contribution in [3.05, 3.63) is 35.9 Å². The van der Waals surface area contributed by atoms with E-state index in [4.69, 9.17) is 0 Å². The number of hydrogen-bond acceptors (Lipinski definition) is 2. The largest absolute Gasteiger partial charge is 0.392 e. The molecule has 2 unspecified atom stereocenters. The molecule has 0 heterocycles. The molecule has 1 aromatic carbocycles. The standard InChI is InChI=1S/C13H18O2/c1-10(14)13(3,11(2)15)9-12-7-5-4-6-8-12/h4-8,10,14H,9H2,1-3H3. The Morgan fingerprint density at radius 1 is 1.40 bits per heavy atom. The van der Waals surface area contributed by atoms with E-state index in [1.54, 1.807) is 6.92 Å². The van der Waals surface area contributed by atoms with E-state index in [0.29, 0.717) is 6.42 Å². The second-order valence-corrected chi connectivity index (χ2v) is 4.31. The molecule has 0 aromatic heterocycles. The van der Waals surface area contributed by atoms with Crippen LogP contribution in [-0.2, 0) is 11.2 Å². The Kier molecular flexibility index (Phi) is 3.64. The second-order valence-electron chi connectivity index (χ2n) is 4.31. The van der Waals surface area contributed by atoms with Crippen molar-refractivity contribution in [2.24, 2.45) is 5.41 Å². The van der Waals surface area contributed by atoms with Crippen molar-refractivity contribution >= 4 is 5.78 Å². The van der Waals surface area contributed by atoms with Crippen LogP contribution in [0.5, 0.6) is 0 Å². The van der Waals surface area contributed by atoms with Crippen LogP contribution in [0.2, 0.25) is 0 Å². The number of benzene rings is 1. The topological polar surface area (TPSA) is 37.3 Å². The predicted molar refractivity (Wildman–Crippen MR) is 60.6 cm³/mol. The molecule has 15 heavy (non-hydrogen) atoms. The lowest BCUT2D eigenvalue weighted by atomic mass is 9.76. The van der Waals surface area contributed by atoms with E-state index in [0.717, 1.165) is 5.56 Å². The molecule has 0 radical (unpaired) electrons. The van der Waals surface area contributed by atoms with Gasteiger partial charge < -0.3 is 5.11 Å². The van der Waals surface area contributed by atoms with Gasteiger partial charge in [0.1, 0.15) is 5.78 Å². The fraction of sp³-hybridized carbons (Fsp3) is 0.462. The molecule has 0 aliphatic heterocycles. The minimum atomic E-state index is -0.679. The van der Waals surface area contributed by atoms with E-state index in [9.17, 15) is 9.90 Å². The van der Waals surface area contributed by atoms with Crippen molar-refractivity contribution in [3.63, 3.8) is 0 Å². The van der Waals surface area contributed by atoms with Crippen molar-refractivity contribution in [1.29, 1.82) is 0 Å². The maximum Gasteiger partial charge on any atom is 0.138 e. The predicted octanol–water partition coefficient (Wildman–Crippen LogP) is 2.21. The van der Waals surface area contributed by atoms with Gasteiger partial charge in [0, 0.05) is 0 Å². The summed E-state index contributed by atoms with van der Waals surface area (Å²) in [5.74, 6) is 0.0290. The van der Waals surface area contributed by atoms with Gasteiger partial charge >= 0.3 is 0 Å². The zero-order valence-electron chi connectivity index (χ0n) is 9.53. The number of ketones is 1. The van der Waals surface area contributed by atoms with Crippen LogP contribution < -0.4 is 0 Å². The lowest BCUT2D eigenvalue weighted by Crippen LogP contribution is -2.38. The van der Waals surface area contributed by atoms with Crippen molar-refractivity contribution in [3.8, 4) is 0 Å². The fourth-order valence-electron chi connectivity index (χ4n) is 1.59. The number of aliphatic hydroxyl groups excluding tert-OH is 1. The van der Waals surface area contributed by atoms with Crippen molar-refractivity contribution < 1.29 is 9.90 Å². The number of hydrogen-bond donors (Lipinski definition) is 1. The molecule has 0 aliphatic rings. The number of aliphatic hydroxyl groups is 1. The van der Waals surface area contributed by atoms with Gasteiger partial charge in [-0.25, -0.2) is 0 Å². The summed E-state index contributed by atoms with van der Waals surface area (Å²) in [6.07, 6.45) is -0.0453. The van der Waals surface area contributed by atoms with Crippen LogP contribution in [0.1, 0.15) is 26.3 Å². The maximum atomic E-state index is 11.6. The summed E-state index contributed by atoms with van der Waals surface area (Å²) in [5.41, 5.74) is 0.401. The van der Waals surface area contributed by atoms with Gasteiger partial charge in [0.2, 0.25) is 0 Å². The first-order valence-electron chi connectivity index (χ1n) is 5.20. The molecule has 2 atom stereocenters. The van der Waals surface area contributed by atoms with E-state index >= 15 is 0 Å². The van der Waals surface area contributed by atoms with Gasteiger partial charge in [0.25, 0.3) is 0 Å². The van der Waals surface area contributed by atoms with Crippen LogP contribution in [0.3, 0.4) is 0 Å². The van der Waals surface area contributed by atoms with Gasteiger partial charge in [-0.15, -0.1) is 0 Å². The van der Waals surface area contributed by atoms with Crippen LogP contribution >= 0.6 is 0 Å². The smallest absolute Gasteiger partial charge is 0.138 e. The molecule has 0 amide bonds. The van der Waals surface area contributed by atoms with E-state index in [2.05, 4.69) is 0 Å². The average molecular weight is 206 g/mol. The number of carbonyl (C=O) groups is 1. The lowest BCUT2D eigenvalue weighted by Gasteiger charge is -2.29. The molecule has 1 N–H and O–H groups in total. The highest BCUT2D eigenvalue weighted by Crippen LogP contribution is 2.27. The summed E-state index contributed by atoms with van der Waals surface area (Å²) >= 11 is 0. The summed E-state index contributed by atoms with van der Waals surface area (Å²) in [5, 5.41) is 9.68. The molecule has 0 bridgehead atoms. The third-order valence-corrected chi connectivity index (χ3v) is 3.14. The molecular formula is C13H18O2. The molecule has 2 heteroatoms. The molecule has 0 fully saturated rings. The molecule has 1 aromatic rings. The summed E-state index contributed by atoms with van der Waals surface area (Å²) in [6.45, 7) is 5.02. The Bertz CT molecular complexity index is 330. The van der Waals surface area contributed by atoms with E-state index in [1.807, 2.05) is 37.3 Å². The van der Waals surface area contributed by atoms with Gasteiger partial charge in [-0.05, 0) is 32.8 Å². The zero-order chi connectivity index (χ0) is 11.5. The Hall–Kier alpha value is -1.15. The highest BCUT2D eigenvalue weighted by atomic mass is 16.3. The molecular weight excluding hydrogens is 188 g/mol. The quantitative estimate of drug-likeness (QED) is 0.820. The first-order chi connectivity index (χ1) is 6.97. The lowest BCUT2D eigenvalue weighted by molar-refractivity contribution is -0.131. The molecule has 0 aliphatic carbocycles. The van der Waals surface area contributed by atoms with Gasteiger partial charge in [-0.1, -0.05) is 30.3 Å². The molecule has 1 rings (SSSR count). The minimum absolute atomic E-state index is 0.0290. The minimum Gasteiger partial charge on any atom is -0.392 e. The van der Waals surface area contributed by atoms with Crippen LogP contribution in [0.15, 0.2) is 30.3 Å². The van der Waals surface area contributed by atoms with Crippen molar-refractivity contribution in [2.45, 2.75) is 33.3 Å². The molecule has 0 spiro atoms. The van der Waals surface area contributed by atoms with Gasteiger partial charge in [-0.3, -0.25) is 4.79 Å². The maximum absolute atomic E-state index is 11.6. The Balaban J connectivity index is 2.90. The van der Waals surface area contributed by atoms with Crippen molar-refractivity contribution in [2.75, 3.05) is 0 Å². The third-order valence-electron chi connectivity index (χ3n) is 3.14. The summed E-state index contributed by atoms with van der Waals surface area (Å²) in [4.78, 5) is 11.6. The SMILES string of the molecule is CC(=O)C(C)(Cc1ccccc1)C(C)O. The second kappa shape index (κ2) is 4.58. The number of Topliss-reactive ketones (excluding diaryl/α,β-unsaturated/α-hetero) is 1. The van der Waals surface area contributed by atoms with E-state index in [1.165, 1.54) is 6.92 Å². The Morgan fingerprint density at radius 2 is 1.93 bits per heavy atom. The number of carbonyl (C=O) groups excluding carboxylic acids is 1. The average Bonchev–Trinajstić information content (AvgIpc) is 2.18. The van der Waals surface area contributed by atoms with Gasteiger partial charge in [-0.2, -0.15) is 0 Å². The summed E-state index contributed by atoms with van der Waals surface area (Å²) in [6, 6.07) is 9.78. The zero-order valence-corrected chi connectivity index (χ0v) is 9.53. The van der Waals surface area contributed by atoms with Crippen LogP contribution in [0.4, 0.5) is 0 Å². The van der Waals surface area contributed by atoms with Crippen molar-refractivity contribution in [1.82, 2.24) is 0 Å². The molecule has 82 valence electrons. The Labute approximate surface area is 90.9 Å². The Morgan fingerprint density at radius 3 is 2.33 bits per heavy atom.